The summed E-state index contributed by atoms with van der Waals surface area (Å²) in [6.45, 7) is 2.29. The molecule has 0 spiro atoms. The molecule has 1 N–H and O–H groups in total. The second kappa shape index (κ2) is 8.45. The van der Waals surface area contributed by atoms with Gasteiger partial charge in [0, 0.05) is 43.3 Å². The van der Waals surface area contributed by atoms with E-state index in [0.29, 0.717) is 29.5 Å². The second-order valence-electron chi connectivity index (χ2n) is 7.51. The summed E-state index contributed by atoms with van der Waals surface area (Å²) in [7, 11) is -1.91. The minimum atomic E-state index is -3.67. The van der Waals surface area contributed by atoms with E-state index in [1.54, 1.807) is 47.6 Å². The number of aromatic nitrogens is 4. The third kappa shape index (κ3) is 4.36. The van der Waals surface area contributed by atoms with Crippen LogP contribution in [0.25, 0.3) is 5.69 Å². The van der Waals surface area contributed by atoms with E-state index in [4.69, 9.17) is 11.6 Å². The molecule has 4 rings (SSSR count). The average Bonchev–Trinajstić information content (AvgIpc) is 3.35. The van der Waals surface area contributed by atoms with Gasteiger partial charge >= 0.3 is 0 Å². The van der Waals surface area contributed by atoms with Crippen LogP contribution in [0, 0.1) is 12.8 Å². The van der Waals surface area contributed by atoms with E-state index in [1.807, 2.05) is 12.1 Å². The molecule has 3 aromatic rings. The maximum Gasteiger partial charge on any atom is 0.262 e. The van der Waals surface area contributed by atoms with Gasteiger partial charge in [0.1, 0.15) is 11.6 Å². The minimum Gasteiger partial charge on any atom is -0.337 e. The van der Waals surface area contributed by atoms with Crippen LogP contribution in [0.4, 0.5) is 5.82 Å². The van der Waals surface area contributed by atoms with Crippen molar-refractivity contribution < 1.29 is 13.2 Å². The highest BCUT2D eigenvalue weighted by Crippen LogP contribution is 2.25. The third-order valence-electron chi connectivity index (χ3n) is 5.46. The highest BCUT2D eigenvalue weighted by molar-refractivity contribution is 7.89. The number of carbonyl (C=O) groups excluding carboxylic acids is 1. The Morgan fingerprint density at radius 1 is 1.23 bits per heavy atom. The Morgan fingerprint density at radius 2 is 1.97 bits per heavy atom. The Morgan fingerprint density at radius 3 is 2.61 bits per heavy atom. The normalized spacial score (nSPS) is 15.8. The molecule has 0 radical (unpaired) electrons. The molecule has 0 bridgehead atoms. The summed E-state index contributed by atoms with van der Waals surface area (Å²) < 4.78 is 30.4. The topological polar surface area (TPSA) is 102 Å². The number of anilines is 1. The summed E-state index contributed by atoms with van der Waals surface area (Å²) >= 11 is 6.06. The quantitative estimate of drug-likeness (QED) is 0.627. The number of hydrogen-bond donors (Lipinski definition) is 1. The molecule has 11 heteroatoms. The molecule has 3 heterocycles. The van der Waals surface area contributed by atoms with Gasteiger partial charge in [-0.2, -0.15) is 9.40 Å². The molecule has 0 unspecified atom stereocenters. The second-order valence-corrected chi connectivity index (χ2v) is 9.83. The van der Waals surface area contributed by atoms with E-state index < -0.39 is 10.0 Å². The highest BCUT2D eigenvalue weighted by atomic mass is 35.5. The van der Waals surface area contributed by atoms with Crippen LogP contribution in [0.5, 0.6) is 0 Å². The number of nitrogens with zero attached hydrogens (tertiary/aromatic N) is 5. The molecular formula is C20H23ClN6O3S. The number of benzene rings is 1. The maximum absolute atomic E-state index is 12.8. The number of amides is 1. The molecule has 1 aliphatic rings. The fraction of sp³-hybridized carbons (Fsp3) is 0.350. The predicted molar refractivity (Wildman–Crippen MR) is 117 cm³/mol. The Balaban J connectivity index is 1.41. The average molecular weight is 463 g/mol. The van der Waals surface area contributed by atoms with Crippen molar-refractivity contribution in [3.05, 3.63) is 53.6 Å². The van der Waals surface area contributed by atoms with Crippen molar-refractivity contribution in [3.63, 3.8) is 0 Å². The fourth-order valence-corrected chi connectivity index (χ4v) is 5.26. The van der Waals surface area contributed by atoms with Gasteiger partial charge in [-0.3, -0.25) is 4.79 Å². The van der Waals surface area contributed by atoms with E-state index in [0.717, 1.165) is 5.69 Å². The van der Waals surface area contributed by atoms with Gasteiger partial charge in [0.05, 0.1) is 11.9 Å². The SMILES string of the molecule is Cc1nc(S(=O)(=O)N2CCC(C(=O)Nc3ccnn3-c3cccc(Cl)c3)CC2)cn1C. The van der Waals surface area contributed by atoms with Crippen LogP contribution in [0.3, 0.4) is 0 Å². The van der Waals surface area contributed by atoms with Crippen LogP contribution in [0.2, 0.25) is 5.02 Å². The molecular weight excluding hydrogens is 440 g/mol. The minimum absolute atomic E-state index is 0.0424. The van der Waals surface area contributed by atoms with Crippen molar-refractivity contribution in [2.45, 2.75) is 24.8 Å². The highest BCUT2D eigenvalue weighted by Gasteiger charge is 2.33. The first-order valence-corrected chi connectivity index (χ1v) is 11.7. The number of halogens is 1. The molecule has 1 aromatic carbocycles. The number of nitrogens with one attached hydrogen (secondary N) is 1. The number of hydrogen-bond acceptors (Lipinski definition) is 5. The number of carbonyl (C=O) groups is 1. The summed E-state index contributed by atoms with van der Waals surface area (Å²) in [4.78, 5) is 17.0. The van der Waals surface area contributed by atoms with E-state index in [9.17, 15) is 13.2 Å². The van der Waals surface area contributed by atoms with Crippen molar-refractivity contribution in [2.75, 3.05) is 18.4 Å². The van der Waals surface area contributed by atoms with Gasteiger partial charge in [-0.1, -0.05) is 17.7 Å². The van der Waals surface area contributed by atoms with Crippen molar-refractivity contribution >= 4 is 33.3 Å². The molecule has 1 fully saturated rings. The number of imidazole rings is 1. The van der Waals surface area contributed by atoms with Gasteiger partial charge in [-0.15, -0.1) is 0 Å². The van der Waals surface area contributed by atoms with Crippen molar-refractivity contribution in [3.8, 4) is 5.69 Å². The van der Waals surface area contributed by atoms with Crippen LogP contribution in [0.1, 0.15) is 18.7 Å². The van der Waals surface area contributed by atoms with E-state index in [-0.39, 0.29) is 29.9 Å². The van der Waals surface area contributed by atoms with E-state index >= 15 is 0 Å². The lowest BCUT2D eigenvalue weighted by molar-refractivity contribution is -0.120. The summed E-state index contributed by atoms with van der Waals surface area (Å²) in [5, 5.41) is 7.78. The summed E-state index contributed by atoms with van der Waals surface area (Å²) in [6, 6.07) is 8.89. The molecule has 1 saturated heterocycles. The van der Waals surface area contributed by atoms with Crippen LogP contribution in [-0.2, 0) is 21.9 Å². The molecule has 0 atom stereocenters. The first-order chi connectivity index (χ1) is 14.8. The maximum atomic E-state index is 12.8. The molecule has 0 saturated carbocycles. The van der Waals surface area contributed by atoms with Crippen molar-refractivity contribution in [2.24, 2.45) is 13.0 Å². The molecule has 2 aromatic heterocycles. The van der Waals surface area contributed by atoms with Crippen molar-refractivity contribution in [1.29, 1.82) is 0 Å². The Bertz CT molecular complexity index is 1190. The zero-order valence-corrected chi connectivity index (χ0v) is 18.8. The fourth-order valence-electron chi connectivity index (χ4n) is 3.58. The van der Waals surface area contributed by atoms with Crippen LogP contribution in [-0.4, -0.2) is 51.1 Å². The molecule has 1 amide bonds. The smallest absolute Gasteiger partial charge is 0.262 e. The summed E-state index contributed by atoms with van der Waals surface area (Å²) in [6.07, 6.45) is 3.98. The largest absolute Gasteiger partial charge is 0.337 e. The third-order valence-corrected chi connectivity index (χ3v) is 7.47. The number of sulfonamides is 1. The Labute approximate surface area is 185 Å². The van der Waals surface area contributed by atoms with E-state index in [2.05, 4.69) is 15.4 Å². The van der Waals surface area contributed by atoms with Crippen LogP contribution in [0.15, 0.2) is 47.8 Å². The lowest BCUT2D eigenvalue weighted by atomic mass is 9.97. The van der Waals surface area contributed by atoms with Gasteiger partial charge in [0.15, 0.2) is 5.03 Å². The lowest BCUT2D eigenvalue weighted by Gasteiger charge is -2.29. The molecule has 1 aliphatic heterocycles. The molecule has 9 nitrogen and oxygen atoms in total. The van der Waals surface area contributed by atoms with Gasteiger partial charge in [0.25, 0.3) is 10.0 Å². The molecule has 31 heavy (non-hydrogen) atoms. The molecule has 164 valence electrons. The number of aryl methyl sites for hydroxylation is 2. The Kier molecular flexibility index (Phi) is 5.87. The lowest BCUT2D eigenvalue weighted by Crippen LogP contribution is -2.41. The first-order valence-electron chi connectivity index (χ1n) is 9.86. The summed E-state index contributed by atoms with van der Waals surface area (Å²) in [5.41, 5.74) is 0.736. The first kappa shape index (κ1) is 21.5. The van der Waals surface area contributed by atoms with Crippen LogP contribution < -0.4 is 5.32 Å². The predicted octanol–water partition coefficient (Wildman–Crippen LogP) is 2.61. The monoisotopic (exact) mass is 462 g/mol. The molecule has 0 aliphatic carbocycles. The zero-order chi connectivity index (χ0) is 22.2. The van der Waals surface area contributed by atoms with Gasteiger partial charge < -0.3 is 9.88 Å². The van der Waals surface area contributed by atoms with Gasteiger partial charge in [0.2, 0.25) is 5.91 Å². The van der Waals surface area contributed by atoms with Crippen LogP contribution >= 0.6 is 11.6 Å². The number of rotatable bonds is 5. The van der Waals surface area contributed by atoms with Gasteiger partial charge in [-0.25, -0.2) is 18.1 Å². The summed E-state index contributed by atoms with van der Waals surface area (Å²) in [5.74, 6) is 0.713. The zero-order valence-electron chi connectivity index (χ0n) is 17.2. The van der Waals surface area contributed by atoms with Gasteiger partial charge in [-0.05, 0) is 38.0 Å². The van der Waals surface area contributed by atoms with Crippen molar-refractivity contribution in [1.82, 2.24) is 23.6 Å². The standard InChI is InChI=1S/C20H23ClN6O3S/c1-14-23-19(13-25(14)2)31(29,30)26-10-7-15(8-11-26)20(28)24-18-6-9-22-27(18)17-5-3-4-16(21)12-17/h3-6,9,12-13,15H,7-8,10-11H2,1-2H3,(H,24,28). The number of piperidine rings is 1. The Hall–Kier alpha value is -2.69. The van der Waals surface area contributed by atoms with E-state index in [1.165, 1.54) is 10.5 Å².